The van der Waals surface area contributed by atoms with Crippen molar-refractivity contribution in [1.82, 2.24) is 0 Å². The Morgan fingerprint density at radius 1 is 1.00 bits per heavy atom. The van der Waals surface area contributed by atoms with Gasteiger partial charge in [0.1, 0.15) is 5.75 Å². The lowest BCUT2D eigenvalue weighted by Gasteiger charge is -2.17. The van der Waals surface area contributed by atoms with Crippen LogP contribution in [0, 0.1) is 6.92 Å². The van der Waals surface area contributed by atoms with E-state index in [1.54, 1.807) is 43.4 Å². The summed E-state index contributed by atoms with van der Waals surface area (Å²) in [4.78, 5) is 14.5. The molecule has 0 bridgehead atoms. The fourth-order valence-electron chi connectivity index (χ4n) is 3.25. The molecule has 6 nitrogen and oxygen atoms in total. The average molecular weight is 443 g/mol. The number of nitrogens with one attached hydrogen (secondary N) is 1. The minimum Gasteiger partial charge on any atom is -0.454 e. The topological polar surface area (TPSA) is 75.7 Å². The summed E-state index contributed by atoms with van der Waals surface area (Å²) < 4.78 is 33.6. The van der Waals surface area contributed by atoms with Crippen molar-refractivity contribution in [2.75, 3.05) is 16.7 Å². The first-order valence-corrected chi connectivity index (χ1v) is 11.2. The van der Waals surface area contributed by atoms with E-state index in [1.165, 1.54) is 11.0 Å². The smallest absolute Gasteiger partial charge is 0.261 e. The van der Waals surface area contributed by atoms with Gasteiger partial charge in [-0.25, -0.2) is 8.42 Å². The fraction of sp³-hybridized carbons (Fsp3) is 0.136. The highest BCUT2D eigenvalue weighted by Gasteiger charge is 2.26. The second-order valence-electron chi connectivity index (χ2n) is 7.14. The number of ether oxygens (including phenoxy) is 1. The molecular formula is C22H19ClN2O4S. The van der Waals surface area contributed by atoms with Crippen molar-refractivity contribution >= 4 is 38.9 Å². The molecule has 8 heteroatoms. The van der Waals surface area contributed by atoms with Crippen molar-refractivity contribution in [3.05, 3.63) is 82.4 Å². The van der Waals surface area contributed by atoms with E-state index in [0.29, 0.717) is 27.8 Å². The molecule has 30 heavy (non-hydrogen) atoms. The van der Waals surface area contributed by atoms with E-state index in [2.05, 4.69) is 4.72 Å². The highest BCUT2D eigenvalue weighted by atomic mass is 35.5. The lowest BCUT2D eigenvalue weighted by molar-refractivity contribution is 0.0993. The predicted molar refractivity (Wildman–Crippen MR) is 118 cm³/mol. The van der Waals surface area contributed by atoms with Gasteiger partial charge in [-0.15, -0.1) is 0 Å². The normalized spacial score (nSPS) is 13.2. The van der Waals surface area contributed by atoms with Crippen LogP contribution in [0.3, 0.4) is 0 Å². The second-order valence-corrected chi connectivity index (χ2v) is 9.29. The first-order valence-electron chi connectivity index (χ1n) is 9.17. The van der Waals surface area contributed by atoms with E-state index in [-0.39, 0.29) is 22.9 Å². The highest BCUT2D eigenvalue weighted by Crippen LogP contribution is 2.39. The number of rotatable bonds is 4. The first-order chi connectivity index (χ1) is 14.2. The Bertz CT molecular complexity index is 1240. The number of aryl methyl sites for hydroxylation is 1. The quantitative estimate of drug-likeness (QED) is 0.618. The van der Waals surface area contributed by atoms with E-state index in [4.69, 9.17) is 16.3 Å². The van der Waals surface area contributed by atoms with Gasteiger partial charge in [-0.1, -0.05) is 29.8 Å². The zero-order valence-electron chi connectivity index (χ0n) is 16.3. The van der Waals surface area contributed by atoms with Gasteiger partial charge in [-0.05, 0) is 60.5 Å². The largest absolute Gasteiger partial charge is 0.454 e. The van der Waals surface area contributed by atoms with Crippen LogP contribution in [0.25, 0.3) is 0 Å². The summed E-state index contributed by atoms with van der Waals surface area (Å²) in [5.74, 6) is 0.436. The molecule has 3 aromatic carbocycles. The number of carbonyl (C=O) groups excluding carboxylic acids is 1. The first kappa shape index (κ1) is 20.3. The summed E-state index contributed by atoms with van der Waals surface area (Å²) in [6.07, 6.45) is 0. The Labute approximate surface area is 180 Å². The van der Waals surface area contributed by atoms with Gasteiger partial charge in [0.15, 0.2) is 5.75 Å². The number of hydrogen-bond acceptors (Lipinski definition) is 4. The molecule has 0 unspecified atom stereocenters. The van der Waals surface area contributed by atoms with Crippen LogP contribution < -0.4 is 14.4 Å². The Balaban J connectivity index is 1.62. The number of halogens is 1. The number of hydrogen-bond donors (Lipinski definition) is 1. The van der Waals surface area contributed by atoms with Gasteiger partial charge < -0.3 is 9.64 Å². The molecule has 1 N–H and O–H groups in total. The minimum atomic E-state index is -3.69. The van der Waals surface area contributed by atoms with Crippen LogP contribution in [0.4, 0.5) is 11.4 Å². The van der Waals surface area contributed by atoms with Gasteiger partial charge in [0.05, 0.1) is 17.0 Å². The Kier molecular flexibility index (Phi) is 5.17. The van der Waals surface area contributed by atoms with Crippen molar-refractivity contribution in [3.63, 3.8) is 0 Å². The second kappa shape index (κ2) is 7.66. The van der Waals surface area contributed by atoms with Gasteiger partial charge in [0, 0.05) is 17.8 Å². The molecule has 0 atom stereocenters. The molecule has 3 aromatic rings. The van der Waals surface area contributed by atoms with Crippen molar-refractivity contribution in [2.24, 2.45) is 0 Å². The number of benzene rings is 3. The minimum absolute atomic E-state index is 0.212. The molecule has 0 aliphatic carbocycles. The SMILES string of the molecule is Cc1ccc2c(c1)N(C)C(=O)c1cc(NS(=O)(=O)Cc3ccc(Cl)cc3)ccc1O2. The number of sulfonamides is 1. The van der Waals surface area contributed by atoms with Crippen LogP contribution in [0.5, 0.6) is 11.5 Å². The number of amides is 1. The number of nitrogens with zero attached hydrogens (tertiary/aromatic N) is 1. The molecule has 1 aliphatic heterocycles. The zero-order valence-corrected chi connectivity index (χ0v) is 17.9. The van der Waals surface area contributed by atoms with E-state index in [1.807, 2.05) is 25.1 Å². The van der Waals surface area contributed by atoms with Crippen LogP contribution in [-0.4, -0.2) is 21.4 Å². The molecule has 0 fully saturated rings. The maximum absolute atomic E-state index is 13.0. The van der Waals surface area contributed by atoms with Crippen molar-refractivity contribution in [2.45, 2.75) is 12.7 Å². The maximum atomic E-state index is 13.0. The Morgan fingerprint density at radius 3 is 2.43 bits per heavy atom. The van der Waals surface area contributed by atoms with Gasteiger partial charge >= 0.3 is 0 Å². The summed E-state index contributed by atoms with van der Waals surface area (Å²) in [6.45, 7) is 1.93. The summed E-state index contributed by atoms with van der Waals surface area (Å²) >= 11 is 5.85. The van der Waals surface area contributed by atoms with Gasteiger partial charge in [0.25, 0.3) is 5.91 Å². The van der Waals surface area contributed by atoms with Crippen LogP contribution in [0.15, 0.2) is 60.7 Å². The lowest BCUT2D eigenvalue weighted by Crippen LogP contribution is -2.25. The average Bonchev–Trinajstić information content (AvgIpc) is 2.79. The fourth-order valence-corrected chi connectivity index (χ4v) is 4.57. The molecule has 4 rings (SSSR count). The van der Waals surface area contributed by atoms with E-state index >= 15 is 0 Å². The highest BCUT2D eigenvalue weighted by molar-refractivity contribution is 7.91. The van der Waals surface area contributed by atoms with Crippen LogP contribution >= 0.6 is 11.6 Å². The summed E-state index contributed by atoms with van der Waals surface area (Å²) in [7, 11) is -2.02. The summed E-state index contributed by atoms with van der Waals surface area (Å²) in [5, 5.41) is 0.536. The third-order valence-electron chi connectivity index (χ3n) is 4.75. The van der Waals surface area contributed by atoms with E-state index < -0.39 is 10.0 Å². The third-order valence-corrected chi connectivity index (χ3v) is 6.27. The molecule has 0 spiro atoms. The number of carbonyl (C=O) groups is 1. The van der Waals surface area contributed by atoms with E-state index in [9.17, 15) is 13.2 Å². The van der Waals surface area contributed by atoms with Crippen LogP contribution in [-0.2, 0) is 15.8 Å². The number of anilines is 2. The van der Waals surface area contributed by atoms with Crippen molar-refractivity contribution < 1.29 is 17.9 Å². The summed E-state index contributed by atoms with van der Waals surface area (Å²) in [5.41, 5.74) is 2.82. The molecule has 1 aliphatic rings. The van der Waals surface area contributed by atoms with Gasteiger partial charge in [-0.3, -0.25) is 9.52 Å². The standard InChI is InChI=1S/C22H19ClN2O4S/c1-14-3-9-21-19(11-14)25(2)22(26)18-12-17(8-10-20(18)29-21)24-30(27,28)13-15-4-6-16(23)7-5-15/h3-12,24H,13H2,1-2H3. The summed E-state index contributed by atoms with van der Waals surface area (Å²) in [6, 6.07) is 16.8. The van der Waals surface area contributed by atoms with Crippen LogP contribution in [0.1, 0.15) is 21.5 Å². The van der Waals surface area contributed by atoms with E-state index in [0.717, 1.165) is 5.56 Å². The zero-order chi connectivity index (χ0) is 21.5. The molecular weight excluding hydrogens is 424 g/mol. The third kappa shape index (κ3) is 4.13. The molecule has 154 valence electrons. The van der Waals surface area contributed by atoms with Crippen molar-refractivity contribution in [3.8, 4) is 11.5 Å². The van der Waals surface area contributed by atoms with Gasteiger partial charge in [-0.2, -0.15) is 0 Å². The number of fused-ring (bicyclic) bond motifs is 2. The molecule has 0 saturated carbocycles. The molecule has 1 amide bonds. The maximum Gasteiger partial charge on any atom is 0.261 e. The molecule has 1 heterocycles. The molecule has 0 radical (unpaired) electrons. The van der Waals surface area contributed by atoms with Gasteiger partial charge in [0.2, 0.25) is 10.0 Å². The van der Waals surface area contributed by atoms with Crippen molar-refractivity contribution in [1.29, 1.82) is 0 Å². The molecule has 0 aromatic heterocycles. The van der Waals surface area contributed by atoms with Crippen LogP contribution in [0.2, 0.25) is 5.02 Å². The predicted octanol–water partition coefficient (Wildman–Crippen LogP) is 4.97. The monoisotopic (exact) mass is 442 g/mol. The Morgan fingerprint density at radius 2 is 1.70 bits per heavy atom. The Hall–Kier alpha value is -3.03. The molecule has 0 saturated heterocycles. The lowest BCUT2D eigenvalue weighted by atomic mass is 10.1.